The number of carbonyl (C=O) groups is 4. The van der Waals surface area contributed by atoms with Crippen LogP contribution in [0.15, 0.2) is 48.5 Å². The van der Waals surface area contributed by atoms with E-state index in [9.17, 15) is 19.2 Å². The van der Waals surface area contributed by atoms with Crippen LogP contribution < -0.4 is 4.90 Å². The molecule has 0 unspecified atom stereocenters. The summed E-state index contributed by atoms with van der Waals surface area (Å²) in [5, 5.41) is 0. The molecule has 0 saturated carbocycles. The van der Waals surface area contributed by atoms with Gasteiger partial charge in [0.15, 0.2) is 0 Å². The first kappa shape index (κ1) is 22.5. The number of anilines is 1. The van der Waals surface area contributed by atoms with Crippen LogP contribution >= 0.6 is 0 Å². The lowest BCUT2D eigenvalue weighted by Crippen LogP contribution is -2.39. The summed E-state index contributed by atoms with van der Waals surface area (Å²) in [6.07, 6.45) is 0.756. The highest BCUT2D eigenvalue weighted by molar-refractivity contribution is 6.21. The molecule has 0 aromatic heterocycles. The van der Waals surface area contributed by atoms with Crippen molar-refractivity contribution < 1.29 is 19.2 Å². The molecule has 0 radical (unpaired) electrons. The Bertz CT molecular complexity index is 1050. The first-order valence-corrected chi connectivity index (χ1v) is 11.2. The normalized spacial score (nSPS) is 16.0. The second-order valence-corrected chi connectivity index (χ2v) is 8.53. The van der Waals surface area contributed by atoms with Gasteiger partial charge in [-0.05, 0) is 42.8 Å². The molecule has 2 heterocycles. The molecule has 1 saturated heterocycles. The van der Waals surface area contributed by atoms with Gasteiger partial charge in [0.1, 0.15) is 0 Å². The Labute approximate surface area is 193 Å². The molecule has 1 fully saturated rings. The van der Waals surface area contributed by atoms with E-state index in [4.69, 9.17) is 0 Å². The zero-order valence-corrected chi connectivity index (χ0v) is 19.0. The van der Waals surface area contributed by atoms with Crippen LogP contribution in [0.4, 0.5) is 5.69 Å². The molecule has 0 aliphatic carbocycles. The van der Waals surface area contributed by atoms with E-state index in [0.29, 0.717) is 49.3 Å². The number of rotatable bonds is 5. The number of carbonyl (C=O) groups excluding carboxylic acids is 4. The quantitative estimate of drug-likeness (QED) is 0.655. The number of nitrogens with zero attached hydrogens (tertiary/aromatic N) is 4. The van der Waals surface area contributed by atoms with E-state index in [1.54, 1.807) is 34.1 Å². The SMILES string of the molecule is CN(C)c1ccc(C(=O)N2CCCN(C(=O)CCN3C(=O)c4ccccc4C3=O)CC2)cc1. The summed E-state index contributed by atoms with van der Waals surface area (Å²) in [5.41, 5.74) is 2.43. The highest BCUT2D eigenvalue weighted by Crippen LogP contribution is 2.22. The van der Waals surface area contributed by atoms with Crippen LogP contribution in [0.2, 0.25) is 0 Å². The molecule has 33 heavy (non-hydrogen) atoms. The number of hydrogen-bond donors (Lipinski definition) is 0. The number of fused-ring (bicyclic) bond motifs is 1. The summed E-state index contributed by atoms with van der Waals surface area (Å²) >= 11 is 0. The summed E-state index contributed by atoms with van der Waals surface area (Å²) in [5.74, 6) is -0.857. The van der Waals surface area contributed by atoms with Crippen molar-refractivity contribution in [2.75, 3.05) is 51.7 Å². The zero-order valence-electron chi connectivity index (χ0n) is 19.0. The number of amides is 4. The fourth-order valence-corrected chi connectivity index (χ4v) is 4.26. The van der Waals surface area contributed by atoms with E-state index in [1.165, 1.54) is 0 Å². The molecule has 0 spiro atoms. The molecule has 0 N–H and O–H groups in total. The Morgan fingerprint density at radius 1 is 0.818 bits per heavy atom. The van der Waals surface area contributed by atoms with E-state index in [2.05, 4.69) is 0 Å². The van der Waals surface area contributed by atoms with E-state index in [0.717, 1.165) is 10.6 Å². The first-order chi connectivity index (χ1) is 15.9. The first-order valence-electron chi connectivity index (χ1n) is 11.2. The molecule has 2 aromatic carbocycles. The molecule has 0 bridgehead atoms. The van der Waals surface area contributed by atoms with Gasteiger partial charge in [-0.1, -0.05) is 12.1 Å². The number of imide groups is 1. The summed E-state index contributed by atoms with van der Waals surface area (Å²) in [6.45, 7) is 2.07. The Morgan fingerprint density at radius 2 is 1.39 bits per heavy atom. The molecule has 4 rings (SSSR count). The fourth-order valence-electron chi connectivity index (χ4n) is 4.26. The third-order valence-electron chi connectivity index (χ3n) is 6.19. The van der Waals surface area contributed by atoms with Crippen LogP contribution in [-0.2, 0) is 4.79 Å². The van der Waals surface area contributed by atoms with Gasteiger partial charge in [0.25, 0.3) is 17.7 Å². The molecule has 8 heteroatoms. The van der Waals surface area contributed by atoms with Crippen molar-refractivity contribution in [1.82, 2.24) is 14.7 Å². The number of hydrogen-bond acceptors (Lipinski definition) is 5. The Hall–Kier alpha value is -3.68. The second-order valence-electron chi connectivity index (χ2n) is 8.53. The summed E-state index contributed by atoms with van der Waals surface area (Å²) < 4.78 is 0. The van der Waals surface area contributed by atoms with E-state index in [1.807, 2.05) is 43.3 Å². The van der Waals surface area contributed by atoms with Crippen LogP contribution in [0.25, 0.3) is 0 Å². The largest absolute Gasteiger partial charge is 0.378 e. The minimum atomic E-state index is -0.351. The van der Waals surface area contributed by atoms with Crippen LogP contribution in [-0.4, -0.2) is 85.1 Å². The molecule has 2 aromatic rings. The average molecular weight is 449 g/mol. The maximum Gasteiger partial charge on any atom is 0.261 e. The number of benzene rings is 2. The summed E-state index contributed by atoms with van der Waals surface area (Å²) in [7, 11) is 3.90. The summed E-state index contributed by atoms with van der Waals surface area (Å²) in [4.78, 5) is 57.3. The third-order valence-corrected chi connectivity index (χ3v) is 6.19. The van der Waals surface area contributed by atoms with Crippen molar-refractivity contribution in [3.63, 3.8) is 0 Å². The van der Waals surface area contributed by atoms with Crippen molar-refractivity contribution in [2.45, 2.75) is 12.8 Å². The van der Waals surface area contributed by atoms with Gasteiger partial charge >= 0.3 is 0 Å². The highest BCUT2D eigenvalue weighted by Gasteiger charge is 2.35. The smallest absolute Gasteiger partial charge is 0.261 e. The Morgan fingerprint density at radius 3 is 2.00 bits per heavy atom. The van der Waals surface area contributed by atoms with E-state index >= 15 is 0 Å². The Kier molecular flexibility index (Phi) is 6.44. The van der Waals surface area contributed by atoms with Crippen molar-refractivity contribution in [1.29, 1.82) is 0 Å². The molecular formula is C25H28N4O4. The average Bonchev–Trinajstić information content (AvgIpc) is 2.99. The lowest BCUT2D eigenvalue weighted by atomic mass is 10.1. The van der Waals surface area contributed by atoms with Crippen molar-refractivity contribution in [3.05, 3.63) is 65.2 Å². The minimum Gasteiger partial charge on any atom is -0.378 e. The van der Waals surface area contributed by atoms with Gasteiger partial charge < -0.3 is 14.7 Å². The zero-order chi connectivity index (χ0) is 23.5. The predicted octanol–water partition coefficient (Wildman–Crippen LogP) is 2.11. The standard InChI is InChI=1S/C25H28N4O4/c1-26(2)19-10-8-18(9-11-19)23(31)28-14-5-13-27(16-17-28)22(30)12-15-29-24(32)20-6-3-4-7-21(20)25(29)33/h3-4,6-11H,5,12-17H2,1-2H3. The molecule has 172 valence electrons. The van der Waals surface area contributed by atoms with Gasteiger partial charge in [-0.3, -0.25) is 24.1 Å². The van der Waals surface area contributed by atoms with E-state index in [-0.39, 0.29) is 36.6 Å². The van der Waals surface area contributed by atoms with Gasteiger partial charge in [0.2, 0.25) is 5.91 Å². The lowest BCUT2D eigenvalue weighted by Gasteiger charge is -2.23. The molecule has 2 aliphatic heterocycles. The van der Waals surface area contributed by atoms with Crippen LogP contribution in [0.1, 0.15) is 43.9 Å². The van der Waals surface area contributed by atoms with Gasteiger partial charge in [0.05, 0.1) is 11.1 Å². The fraction of sp³-hybridized carbons (Fsp3) is 0.360. The topological polar surface area (TPSA) is 81.2 Å². The van der Waals surface area contributed by atoms with Gasteiger partial charge in [-0.2, -0.15) is 0 Å². The monoisotopic (exact) mass is 448 g/mol. The molecule has 0 atom stereocenters. The minimum absolute atomic E-state index is 0.0411. The van der Waals surface area contributed by atoms with Crippen LogP contribution in [0.3, 0.4) is 0 Å². The molecule has 8 nitrogen and oxygen atoms in total. The van der Waals surface area contributed by atoms with Crippen molar-refractivity contribution in [3.8, 4) is 0 Å². The van der Waals surface area contributed by atoms with E-state index < -0.39 is 0 Å². The van der Waals surface area contributed by atoms with Gasteiger partial charge in [-0.15, -0.1) is 0 Å². The lowest BCUT2D eigenvalue weighted by molar-refractivity contribution is -0.131. The van der Waals surface area contributed by atoms with Crippen LogP contribution in [0, 0.1) is 0 Å². The van der Waals surface area contributed by atoms with Gasteiger partial charge in [-0.25, -0.2) is 0 Å². The molecule has 4 amide bonds. The maximum atomic E-state index is 12.9. The van der Waals surface area contributed by atoms with Gasteiger partial charge in [0, 0.05) is 64.5 Å². The third kappa shape index (κ3) is 4.60. The van der Waals surface area contributed by atoms with Crippen molar-refractivity contribution in [2.24, 2.45) is 0 Å². The Balaban J connectivity index is 1.31. The maximum absolute atomic E-state index is 12.9. The molecular weight excluding hydrogens is 420 g/mol. The summed E-state index contributed by atoms with van der Waals surface area (Å²) in [6, 6.07) is 14.2. The van der Waals surface area contributed by atoms with Crippen molar-refractivity contribution >= 4 is 29.3 Å². The predicted molar refractivity (Wildman–Crippen MR) is 124 cm³/mol. The highest BCUT2D eigenvalue weighted by atomic mass is 16.2. The molecule has 2 aliphatic rings. The van der Waals surface area contributed by atoms with Crippen LogP contribution in [0.5, 0.6) is 0 Å². The second kappa shape index (κ2) is 9.44.